The third-order valence-corrected chi connectivity index (χ3v) is 8.75. The number of benzene rings is 2. The molecule has 4 aliphatic rings. The minimum absolute atomic E-state index is 0.117. The van der Waals surface area contributed by atoms with E-state index in [-0.39, 0.29) is 36.7 Å². The molecule has 4 aliphatic heterocycles. The van der Waals surface area contributed by atoms with Crippen molar-refractivity contribution in [1.29, 1.82) is 0 Å². The van der Waals surface area contributed by atoms with E-state index < -0.39 is 23.4 Å². The van der Waals surface area contributed by atoms with Crippen molar-refractivity contribution in [3.63, 3.8) is 0 Å². The molecule has 0 amide bonds. The molecule has 2 aromatic heterocycles. The van der Waals surface area contributed by atoms with Gasteiger partial charge in [0.15, 0.2) is 0 Å². The molecule has 0 radical (unpaired) electrons. The fourth-order valence-electron chi connectivity index (χ4n) is 6.78. The maximum absolute atomic E-state index is 11.0. The zero-order chi connectivity index (χ0) is 28.3. The van der Waals surface area contributed by atoms with E-state index in [1.54, 1.807) is 48.6 Å². The first-order chi connectivity index (χ1) is 19.8. The Balaban J connectivity index is 1.05. The van der Waals surface area contributed by atoms with Gasteiger partial charge in [-0.2, -0.15) is 0 Å². The Hall–Kier alpha value is -4.48. The van der Waals surface area contributed by atoms with Crippen LogP contribution in [0.2, 0.25) is 0 Å². The van der Waals surface area contributed by atoms with E-state index in [0.717, 1.165) is 11.1 Å². The van der Waals surface area contributed by atoms with Crippen LogP contribution in [0.3, 0.4) is 0 Å². The second-order valence-corrected chi connectivity index (χ2v) is 10.9. The number of rotatable bonds is 6. The SMILES string of the molecule is OCC12C=CC(O1)c1c2c(O)n(-c2ccc(Cc3ccc(-n4c(O)c5c(c4O)C4(CO)C=CC5O4)cc3)cc2)c1O. The molecular formula is C31H26N2O8. The number of aromatic nitrogens is 2. The van der Waals surface area contributed by atoms with Crippen LogP contribution in [0.4, 0.5) is 0 Å². The minimum Gasteiger partial charge on any atom is -0.494 e. The standard InChI is InChI=1S/C31H26N2O8/c34-14-30-11-9-20(40-30)22-24(30)28(38)32(26(22)36)18-5-1-16(2-6-18)13-17-3-7-19(8-4-17)33-27(37)23-21-10-12-31(15-35,41-21)25(23)29(33)39/h1-12,20-21,34-39H,13-15H2. The van der Waals surface area contributed by atoms with E-state index in [1.807, 2.05) is 24.3 Å². The Bertz CT molecular complexity index is 1670. The molecule has 0 aliphatic carbocycles. The molecule has 4 atom stereocenters. The first-order valence-corrected chi connectivity index (χ1v) is 13.3. The Morgan fingerprint density at radius 1 is 0.585 bits per heavy atom. The summed E-state index contributed by atoms with van der Waals surface area (Å²) in [7, 11) is 0. The summed E-state index contributed by atoms with van der Waals surface area (Å²) in [5.74, 6) is -0.560. The summed E-state index contributed by atoms with van der Waals surface area (Å²) in [6.07, 6.45) is 6.53. The summed E-state index contributed by atoms with van der Waals surface area (Å²) < 4.78 is 14.3. The summed E-state index contributed by atoms with van der Waals surface area (Å²) in [6, 6.07) is 14.8. The highest BCUT2D eigenvalue weighted by molar-refractivity contribution is 5.63. The Kier molecular flexibility index (Phi) is 4.78. The number of aliphatic hydroxyl groups excluding tert-OH is 2. The van der Waals surface area contributed by atoms with Crippen LogP contribution < -0.4 is 0 Å². The number of aliphatic hydroxyl groups is 2. The number of aromatic hydroxyl groups is 4. The summed E-state index contributed by atoms with van der Waals surface area (Å²) >= 11 is 0. The second-order valence-electron chi connectivity index (χ2n) is 10.9. The molecule has 10 nitrogen and oxygen atoms in total. The Labute approximate surface area is 233 Å². The molecule has 6 heterocycles. The monoisotopic (exact) mass is 554 g/mol. The molecule has 10 heteroatoms. The molecular weight excluding hydrogens is 528 g/mol. The normalized spacial score (nSPS) is 26.3. The van der Waals surface area contributed by atoms with E-state index >= 15 is 0 Å². The van der Waals surface area contributed by atoms with Crippen LogP contribution in [0.1, 0.15) is 45.6 Å². The van der Waals surface area contributed by atoms with Gasteiger partial charge in [0.05, 0.1) is 46.8 Å². The third kappa shape index (κ3) is 2.99. The first kappa shape index (κ1) is 24.3. The van der Waals surface area contributed by atoms with Crippen molar-refractivity contribution in [3.8, 4) is 34.9 Å². The number of fused-ring (bicyclic) bond motifs is 10. The predicted octanol–water partition coefficient (Wildman–Crippen LogP) is 3.34. The molecule has 6 N–H and O–H groups in total. The van der Waals surface area contributed by atoms with E-state index in [0.29, 0.717) is 40.0 Å². The van der Waals surface area contributed by atoms with Crippen molar-refractivity contribution in [2.75, 3.05) is 13.2 Å². The van der Waals surface area contributed by atoms with E-state index in [9.17, 15) is 30.6 Å². The molecule has 0 saturated carbocycles. The smallest absolute Gasteiger partial charge is 0.205 e. The summed E-state index contributed by atoms with van der Waals surface area (Å²) in [4.78, 5) is 0. The van der Waals surface area contributed by atoms with Crippen LogP contribution in [-0.2, 0) is 27.1 Å². The Morgan fingerprint density at radius 3 is 1.34 bits per heavy atom. The van der Waals surface area contributed by atoms with Crippen LogP contribution in [0, 0.1) is 0 Å². The van der Waals surface area contributed by atoms with Crippen LogP contribution in [0.15, 0.2) is 72.8 Å². The highest BCUT2D eigenvalue weighted by Gasteiger charge is 2.53. The van der Waals surface area contributed by atoms with Gasteiger partial charge in [0, 0.05) is 0 Å². The van der Waals surface area contributed by atoms with Crippen molar-refractivity contribution in [2.45, 2.75) is 29.8 Å². The van der Waals surface area contributed by atoms with Gasteiger partial charge in [-0.05, 0) is 54.0 Å². The fourth-order valence-corrected chi connectivity index (χ4v) is 6.78. The van der Waals surface area contributed by atoms with Crippen molar-refractivity contribution in [2.24, 2.45) is 0 Å². The van der Waals surface area contributed by atoms with Crippen LogP contribution >= 0.6 is 0 Å². The number of nitrogens with zero attached hydrogens (tertiary/aromatic N) is 2. The quantitative estimate of drug-likeness (QED) is 0.199. The van der Waals surface area contributed by atoms with Gasteiger partial charge in [0.1, 0.15) is 23.4 Å². The maximum Gasteiger partial charge on any atom is 0.205 e. The van der Waals surface area contributed by atoms with Crippen molar-refractivity contribution in [3.05, 3.63) is 106 Å². The van der Waals surface area contributed by atoms with Gasteiger partial charge >= 0.3 is 0 Å². The van der Waals surface area contributed by atoms with E-state index in [2.05, 4.69) is 0 Å². The molecule has 4 aromatic rings. The summed E-state index contributed by atoms with van der Waals surface area (Å²) in [5, 5.41) is 63.7. The number of hydrogen-bond donors (Lipinski definition) is 6. The fraction of sp³-hybridized carbons (Fsp3) is 0.226. The molecule has 8 rings (SSSR count). The summed E-state index contributed by atoms with van der Waals surface area (Å²) in [5.41, 5.74) is 2.56. The lowest BCUT2D eigenvalue weighted by Gasteiger charge is -2.21. The molecule has 4 bridgehead atoms. The van der Waals surface area contributed by atoms with Gasteiger partial charge in [0.2, 0.25) is 23.5 Å². The van der Waals surface area contributed by atoms with Gasteiger partial charge in [-0.3, -0.25) is 9.13 Å². The molecule has 208 valence electrons. The molecule has 41 heavy (non-hydrogen) atoms. The first-order valence-electron chi connectivity index (χ1n) is 13.3. The molecule has 4 unspecified atom stereocenters. The number of ether oxygens (including phenoxy) is 2. The second kappa shape index (κ2) is 8.05. The lowest BCUT2D eigenvalue weighted by molar-refractivity contribution is -0.0415. The van der Waals surface area contributed by atoms with Crippen molar-refractivity contribution >= 4 is 0 Å². The lowest BCUT2D eigenvalue weighted by Crippen LogP contribution is -2.25. The maximum atomic E-state index is 11.0. The molecule has 2 aromatic carbocycles. The van der Waals surface area contributed by atoms with Crippen LogP contribution in [0.25, 0.3) is 11.4 Å². The zero-order valence-electron chi connectivity index (χ0n) is 21.6. The number of hydrogen-bond acceptors (Lipinski definition) is 8. The van der Waals surface area contributed by atoms with Gasteiger partial charge in [0.25, 0.3) is 0 Å². The highest BCUT2D eigenvalue weighted by Crippen LogP contribution is 2.59. The molecule has 0 fully saturated rings. The molecule has 0 spiro atoms. The highest BCUT2D eigenvalue weighted by atomic mass is 16.5. The van der Waals surface area contributed by atoms with Gasteiger partial charge in [-0.1, -0.05) is 36.4 Å². The van der Waals surface area contributed by atoms with Gasteiger partial charge in [-0.15, -0.1) is 0 Å². The summed E-state index contributed by atoms with van der Waals surface area (Å²) in [6.45, 7) is -0.688. The average Bonchev–Trinajstić information content (AvgIpc) is 3.82. The van der Waals surface area contributed by atoms with Gasteiger partial charge in [-0.25, -0.2) is 0 Å². The van der Waals surface area contributed by atoms with E-state index in [1.165, 1.54) is 9.13 Å². The molecule has 0 saturated heterocycles. The topological polar surface area (TPSA) is 150 Å². The van der Waals surface area contributed by atoms with E-state index in [4.69, 9.17) is 9.47 Å². The predicted molar refractivity (Wildman–Crippen MR) is 144 cm³/mol. The zero-order valence-corrected chi connectivity index (χ0v) is 21.6. The van der Waals surface area contributed by atoms with Gasteiger partial charge < -0.3 is 40.1 Å². The lowest BCUT2D eigenvalue weighted by atomic mass is 9.90. The Morgan fingerprint density at radius 2 is 0.976 bits per heavy atom. The van der Waals surface area contributed by atoms with Crippen LogP contribution in [0.5, 0.6) is 23.5 Å². The third-order valence-electron chi connectivity index (χ3n) is 8.75. The van der Waals surface area contributed by atoms with Crippen molar-refractivity contribution < 1.29 is 40.1 Å². The minimum atomic E-state index is -1.14. The average molecular weight is 555 g/mol. The van der Waals surface area contributed by atoms with Crippen molar-refractivity contribution in [1.82, 2.24) is 9.13 Å². The largest absolute Gasteiger partial charge is 0.494 e. The van der Waals surface area contributed by atoms with Crippen LogP contribution in [-0.4, -0.2) is 53.0 Å².